The third kappa shape index (κ3) is 2.53. The minimum absolute atomic E-state index is 0.0477. The first-order valence-electron chi connectivity index (χ1n) is 6.40. The summed E-state index contributed by atoms with van der Waals surface area (Å²) in [7, 11) is -0.518. The van der Waals surface area contributed by atoms with Gasteiger partial charge in [0.1, 0.15) is 0 Å². The number of rotatable bonds is 3. The zero-order valence-corrected chi connectivity index (χ0v) is 11.5. The van der Waals surface area contributed by atoms with Gasteiger partial charge < -0.3 is 5.73 Å². The number of hydrogen-bond acceptors (Lipinski definition) is 1. The molecule has 1 aliphatic rings. The SMILES string of the molecule is NC1C=CC=C1P(c1ccccc1)c1ccccc1. The van der Waals surface area contributed by atoms with E-state index in [1.165, 1.54) is 15.9 Å². The normalized spacial score (nSPS) is 17.8. The van der Waals surface area contributed by atoms with Crippen LogP contribution in [0.15, 0.2) is 84.2 Å². The van der Waals surface area contributed by atoms with Gasteiger partial charge >= 0.3 is 0 Å². The molecule has 0 saturated heterocycles. The Morgan fingerprint density at radius 3 is 1.74 bits per heavy atom. The third-order valence-corrected chi connectivity index (χ3v) is 5.81. The van der Waals surface area contributed by atoms with E-state index in [4.69, 9.17) is 5.73 Å². The van der Waals surface area contributed by atoms with Gasteiger partial charge in [-0.3, -0.25) is 0 Å². The summed E-state index contributed by atoms with van der Waals surface area (Å²) in [5.74, 6) is 0. The van der Waals surface area contributed by atoms with E-state index in [0.29, 0.717) is 0 Å². The van der Waals surface area contributed by atoms with Crippen molar-refractivity contribution in [3.8, 4) is 0 Å². The molecule has 0 heterocycles. The molecule has 3 rings (SSSR count). The smallest absolute Gasteiger partial charge is 0.0495 e. The Morgan fingerprint density at radius 1 is 0.789 bits per heavy atom. The lowest BCUT2D eigenvalue weighted by Crippen LogP contribution is -2.23. The molecule has 2 N–H and O–H groups in total. The molecule has 0 bridgehead atoms. The fourth-order valence-electron chi connectivity index (χ4n) is 2.31. The number of hydrogen-bond donors (Lipinski definition) is 1. The second-order valence-electron chi connectivity index (χ2n) is 4.51. The molecule has 19 heavy (non-hydrogen) atoms. The highest BCUT2D eigenvalue weighted by Gasteiger charge is 2.23. The predicted octanol–water partition coefficient (Wildman–Crippen LogP) is 2.90. The van der Waals surface area contributed by atoms with Crippen molar-refractivity contribution < 1.29 is 0 Å². The van der Waals surface area contributed by atoms with Gasteiger partial charge in [-0.15, -0.1) is 0 Å². The van der Waals surface area contributed by atoms with E-state index in [9.17, 15) is 0 Å². The second-order valence-corrected chi connectivity index (χ2v) is 6.73. The molecule has 0 amide bonds. The molecule has 2 heteroatoms. The Balaban J connectivity index is 2.07. The van der Waals surface area contributed by atoms with E-state index in [1.807, 2.05) is 0 Å². The van der Waals surface area contributed by atoms with Crippen LogP contribution in [-0.2, 0) is 0 Å². The van der Waals surface area contributed by atoms with Crippen LogP contribution in [0.4, 0.5) is 0 Å². The minimum atomic E-state index is -0.518. The van der Waals surface area contributed by atoms with Gasteiger partial charge in [-0.05, 0) is 23.8 Å². The summed E-state index contributed by atoms with van der Waals surface area (Å²) in [6.45, 7) is 0. The van der Waals surface area contributed by atoms with E-state index < -0.39 is 7.92 Å². The van der Waals surface area contributed by atoms with Crippen LogP contribution in [0.2, 0.25) is 0 Å². The lowest BCUT2D eigenvalue weighted by atomic mass is 10.3. The van der Waals surface area contributed by atoms with Crippen molar-refractivity contribution in [2.45, 2.75) is 6.04 Å². The van der Waals surface area contributed by atoms with E-state index in [2.05, 4.69) is 78.9 Å². The molecule has 1 nitrogen and oxygen atoms in total. The van der Waals surface area contributed by atoms with Gasteiger partial charge in [0.25, 0.3) is 0 Å². The molecule has 94 valence electrons. The van der Waals surface area contributed by atoms with Crippen LogP contribution in [0.25, 0.3) is 0 Å². The van der Waals surface area contributed by atoms with Gasteiger partial charge in [0.2, 0.25) is 0 Å². The maximum Gasteiger partial charge on any atom is 0.0495 e. The molecule has 0 radical (unpaired) electrons. The van der Waals surface area contributed by atoms with Crippen LogP contribution in [0.1, 0.15) is 0 Å². The summed E-state index contributed by atoms with van der Waals surface area (Å²) < 4.78 is 0. The van der Waals surface area contributed by atoms with Crippen molar-refractivity contribution in [1.82, 2.24) is 0 Å². The maximum atomic E-state index is 6.22. The quantitative estimate of drug-likeness (QED) is 0.848. The van der Waals surface area contributed by atoms with Gasteiger partial charge in [0.05, 0.1) is 0 Å². The van der Waals surface area contributed by atoms with Gasteiger partial charge in [0, 0.05) is 6.04 Å². The topological polar surface area (TPSA) is 26.0 Å². The first kappa shape index (κ1) is 12.3. The van der Waals surface area contributed by atoms with Crippen LogP contribution >= 0.6 is 7.92 Å². The van der Waals surface area contributed by atoms with Crippen LogP contribution in [0.5, 0.6) is 0 Å². The van der Waals surface area contributed by atoms with E-state index in [1.54, 1.807) is 0 Å². The van der Waals surface area contributed by atoms with Crippen molar-refractivity contribution in [3.05, 3.63) is 84.2 Å². The summed E-state index contributed by atoms with van der Waals surface area (Å²) in [4.78, 5) is 0. The number of benzene rings is 2. The van der Waals surface area contributed by atoms with Gasteiger partial charge in [-0.25, -0.2) is 0 Å². The van der Waals surface area contributed by atoms with Crippen LogP contribution in [0.3, 0.4) is 0 Å². The van der Waals surface area contributed by atoms with E-state index in [0.717, 1.165) is 0 Å². The molecule has 0 fully saturated rings. The van der Waals surface area contributed by atoms with Gasteiger partial charge in [0.15, 0.2) is 0 Å². The zero-order valence-electron chi connectivity index (χ0n) is 10.6. The molecular weight excluding hydrogens is 249 g/mol. The molecule has 0 spiro atoms. The van der Waals surface area contributed by atoms with Gasteiger partial charge in [-0.2, -0.15) is 0 Å². The van der Waals surface area contributed by atoms with E-state index in [-0.39, 0.29) is 6.04 Å². The van der Waals surface area contributed by atoms with Crippen molar-refractivity contribution in [2.75, 3.05) is 0 Å². The molecule has 2 aromatic carbocycles. The van der Waals surface area contributed by atoms with Crippen LogP contribution in [-0.4, -0.2) is 6.04 Å². The molecule has 1 aliphatic carbocycles. The second kappa shape index (κ2) is 5.52. The highest BCUT2D eigenvalue weighted by Crippen LogP contribution is 2.45. The Morgan fingerprint density at radius 2 is 1.32 bits per heavy atom. The first-order chi connectivity index (χ1) is 9.36. The third-order valence-electron chi connectivity index (χ3n) is 3.21. The molecular formula is C17H16NP. The van der Waals surface area contributed by atoms with Crippen LogP contribution in [0, 0.1) is 0 Å². The fourth-order valence-corrected chi connectivity index (χ4v) is 4.76. The predicted molar refractivity (Wildman–Crippen MR) is 84.3 cm³/mol. The highest BCUT2D eigenvalue weighted by molar-refractivity contribution is 7.76. The standard InChI is InChI=1S/C17H16NP/c18-16-12-7-13-17(16)19(14-8-3-1-4-9-14)15-10-5-2-6-11-15/h1-13,16H,18H2. The summed E-state index contributed by atoms with van der Waals surface area (Å²) >= 11 is 0. The monoisotopic (exact) mass is 265 g/mol. The molecule has 0 saturated carbocycles. The Bertz CT molecular complexity index is 562. The highest BCUT2D eigenvalue weighted by atomic mass is 31.1. The zero-order chi connectivity index (χ0) is 13.1. The lowest BCUT2D eigenvalue weighted by molar-refractivity contribution is 1.03. The van der Waals surface area contributed by atoms with Crippen molar-refractivity contribution in [3.63, 3.8) is 0 Å². The first-order valence-corrected chi connectivity index (χ1v) is 7.74. The average molecular weight is 265 g/mol. The van der Waals surface area contributed by atoms with Crippen molar-refractivity contribution in [1.29, 1.82) is 0 Å². The largest absolute Gasteiger partial charge is 0.321 e. The van der Waals surface area contributed by atoms with Crippen molar-refractivity contribution in [2.24, 2.45) is 5.73 Å². The van der Waals surface area contributed by atoms with Gasteiger partial charge in [-0.1, -0.05) is 78.9 Å². The molecule has 0 aliphatic heterocycles. The summed E-state index contributed by atoms with van der Waals surface area (Å²) in [6, 6.07) is 21.4. The maximum absolute atomic E-state index is 6.22. The van der Waals surface area contributed by atoms with Crippen LogP contribution < -0.4 is 16.3 Å². The molecule has 1 atom stereocenters. The number of allylic oxidation sites excluding steroid dienone is 2. The number of nitrogens with two attached hydrogens (primary N) is 1. The Kier molecular flexibility index (Phi) is 3.59. The summed E-state index contributed by atoms with van der Waals surface area (Å²) in [5.41, 5.74) is 6.22. The Labute approximate surface area is 115 Å². The Hall–Kier alpha value is -1.69. The van der Waals surface area contributed by atoms with E-state index >= 15 is 0 Å². The lowest BCUT2D eigenvalue weighted by Gasteiger charge is -2.23. The molecule has 1 unspecified atom stereocenters. The summed E-state index contributed by atoms with van der Waals surface area (Å²) in [5, 5.41) is 4.04. The fraction of sp³-hybridized carbons (Fsp3) is 0.0588. The minimum Gasteiger partial charge on any atom is -0.321 e. The summed E-state index contributed by atoms with van der Waals surface area (Å²) in [6.07, 6.45) is 6.31. The molecule has 2 aromatic rings. The molecule has 0 aromatic heterocycles. The van der Waals surface area contributed by atoms with Crippen molar-refractivity contribution >= 4 is 18.5 Å². The average Bonchev–Trinajstić information content (AvgIpc) is 2.88.